The third-order valence-electron chi connectivity index (χ3n) is 2.14. The Labute approximate surface area is 85.0 Å². The molecule has 1 rings (SSSR count). The van der Waals surface area contributed by atoms with E-state index in [0.29, 0.717) is 0 Å². The number of aliphatic imine (C=N–C) groups is 1. The first-order valence-electron chi connectivity index (χ1n) is 5.07. The van der Waals surface area contributed by atoms with E-state index in [0.717, 1.165) is 30.9 Å². The molecule has 0 aliphatic heterocycles. The molecule has 2 N–H and O–H groups in total. The standard InChI is InChI=1S/C11H18N2O/c1-3-11(12)13-9(2)6-7-10-5-4-8-14-10/h4-5,8-9H,3,6-7H2,1-2H3,(H2,12,13). The first-order chi connectivity index (χ1) is 6.72. The van der Waals surface area contributed by atoms with Crippen LogP contribution in [-0.2, 0) is 6.42 Å². The highest BCUT2D eigenvalue weighted by Gasteiger charge is 2.02. The monoisotopic (exact) mass is 194 g/mol. The molecule has 1 heterocycles. The van der Waals surface area contributed by atoms with Crippen LogP contribution in [0, 0.1) is 0 Å². The van der Waals surface area contributed by atoms with E-state index in [-0.39, 0.29) is 6.04 Å². The van der Waals surface area contributed by atoms with Crippen molar-refractivity contribution in [2.75, 3.05) is 0 Å². The summed E-state index contributed by atoms with van der Waals surface area (Å²) in [7, 11) is 0. The molecule has 1 aromatic heterocycles. The summed E-state index contributed by atoms with van der Waals surface area (Å²) in [6.07, 6.45) is 4.43. The predicted molar refractivity (Wildman–Crippen MR) is 58.4 cm³/mol. The zero-order chi connectivity index (χ0) is 10.4. The van der Waals surface area contributed by atoms with E-state index < -0.39 is 0 Å². The van der Waals surface area contributed by atoms with Crippen LogP contribution in [0.5, 0.6) is 0 Å². The molecule has 0 amide bonds. The summed E-state index contributed by atoms with van der Waals surface area (Å²) < 4.78 is 5.24. The molecule has 3 nitrogen and oxygen atoms in total. The second kappa shape index (κ2) is 5.47. The average molecular weight is 194 g/mol. The highest BCUT2D eigenvalue weighted by Crippen LogP contribution is 2.07. The molecule has 0 bridgehead atoms. The third-order valence-corrected chi connectivity index (χ3v) is 2.14. The van der Waals surface area contributed by atoms with E-state index in [9.17, 15) is 0 Å². The average Bonchev–Trinajstić information content (AvgIpc) is 2.67. The summed E-state index contributed by atoms with van der Waals surface area (Å²) in [5.41, 5.74) is 5.65. The topological polar surface area (TPSA) is 51.5 Å². The van der Waals surface area contributed by atoms with Crippen LogP contribution in [0.3, 0.4) is 0 Å². The molecule has 0 saturated heterocycles. The normalized spacial score (nSPS) is 14.3. The second-order valence-corrected chi connectivity index (χ2v) is 3.44. The molecule has 3 heteroatoms. The summed E-state index contributed by atoms with van der Waals surface area (Å²) in [6, 6.07) is 4.17. The molecule has 78 valence electrons. The molecule has 0 saturated carbocycles. The van der Waals surface area contributed by atoms with Gasteiger partial charge in [-0.1, -0.05) is 6.92 Å². The van der Waals surface area contributed by atoms with Gasteiger partial charge in [0.05, 0.1) is 12.1 Å². The van der Waals surface area contributed by atoms with Crippen LogP contribution in [0.25, 0.3) is 0 Å². The van der Waals surface area contributed by atoms with Crippen molar-refractivity contribution in [1.29, 1.82) is 0 Å². The number of aryl methyl sites for hydroxylation is 1. The molecular formula is C11H18N2O. The zero-order valence-corrected chi connectivity index (χ0v) is 8.86. The van der Waals surface area contributed by atoms with Crippen LogP contribution < -0.4 is 5.73 Å². The fraction of sp³-hybridized carbons (Fsp3) is 0.545. The number of nitrogens with two attached hydrogens (primary N) is 1. The third kappa shape index (κ3) is 3.64. The Kier molecular flexibility index (Phi) is 4.23. The maximum Gasteiger partial charge on any atom is 0.103 e. The van der Waals surface area contributed by atoms with E-state index >= 15 is 0 Å². The SMILES string of the molecule is CCC(N)=NC(C)CCc1ccco1. The molecular weight excluding hydrogens is 176 g/mol. The maximum atomic E-state index is 5.65. The number of rotatable bonds is 5. The van der Waals surface area contributed by atoms with Gasteiger partial charge in [-0.3, -0.25) is 4.99 Å². The van der Waals surface area contributed by atoms with E-state index in [2.05, 4.69) is 11.9 Å². The van der Waals surface area contributed by atoms with Crippen LogP contribution in [0.4, 0.5) is 0 Å². The Hall–Kier alpha value is -1.25. The lowest BCUT2D eigenvalue weighted by molar-refractivity contribution is 0.491. The van der Waals surface area contributed by atoms with Gasteiger partial charge in [-0.25, -0.2) is 0 Å². The quantitative estimate of drug-likeness (QED) is 0.578. The number of nitrogens with zero attached hydrogens (tertiary/aromatic N) is 1. The van der Waals surface area contributed by atoms with Gasteiger partial charge in [0.2, 0.25) is 0 Å². The van der Waals surface area contributed by atoms with Crippen molar-refractivity contribution < 1.29 is 4.42 Å². The molecule has 0 aliphatic carbocycles. The lowest BCUT2D eigenvalue weighted by Crippen LogP contribution is -2.14. The van der Waals surface area contributed by atoms with Crippen LogP contribution in [-0.4, -0.2) is 11.9 Å². The number of hydrogen-bond donors (Lipinski definition) is 1. The van der Waals surface area contributed by atoms with Gasteiger partial charge in [0, 0.05) is 18.9 Å². The molecule has 14 heavy (non-hydrogen) atoms. The molecule has 1 atom stereocenters. The van der Waals surface area contributed by atoms with Crippen molar-refractivity contribution >= 4 is 5.84 Å². The minimum Gasteiger partial charge on any atom is -0.469 e. The highest BCUT2D eigenvalue weighted by atomic mass is 16.3. The number of hydrogen-bond acceptors (Lipinski definition) is 2. The summed E-state index contributed by atoms with van der Waals surface area (Å²) in [6.45, 7) is 4.09. The van der Waals surface area contributed by atoms with Crippen LogP contribution in [0.1, 0.15) is 32.4 Å². The van der Waals surface area contributed by atoms with Gasteiger partial charge in [0.15, 0.2) is 0 Å². The van der Waals surface area contributed by atoms with E-state index in [1.54, 1.807) is 6.26 Å². The summed E-state index contributed by atoms with van der Waals surface area (Å²) >= 11 is 0. The molecule has 0 spiro atoms. The summed E-state index contributed by atoms with van der Waals surface area (Å²) in [4.78, 5) is 4.35. The summed E-state index contributed by atoms with van der Waals surface area (Å²) in [5, 5.41) is 0. The van der Waals surface area contributed by atoms with E-state index in [4.69, 9.17) is 10.2 Å². The van der Waals surface area contributed by atoms with E-state index in [1.165, 1.54) is 0 Å². The minimum atomic E-state index is 0.278. The van der Waals surface area contributed by atoms with Crippen molar-refractivity contribution in [2.24, 2.45) is 10.7 Å². The molecule has 0 aromatic carbocycles. The van der Waals surface area contributed by atoms with Gasteiger partial charge < -0.3 is 10.2 Å². The zero-order valence-electron chi connectivity index (χ0n) is 8.86. The number of amidine groups is 1. The largest absolute Gasteiger partial charge is 0.469 e. The van der Waals surface area contributed by atoms with Crippen molar-refractivity contribution in [2.45, 2.75) is 39.2 Å². The first-order valence-corrected chi connectivity index (χ1v) is 5.07. The van der Waals surface area contributed by atoms with Gasteiger partial charge in [-0.2, -0.15) is 0 Å². The minimum absolute atomic E-state index is 0.278. The Morgan fingerprint density at radius 2 is 2.43 bits per heavy atom. The summed E-state index contributed by atoms with van der Waals surface area (Å²) in [5.74, 6) is 1.75. The van der Waals surface area contributed by atoms with Gasteiger partial charge in [-0.05, 0) is 25.5 Å². The van der Waals surface area contributed by atoms with Crippen molar-refractivity contribution in [3.8, 4) is 0 Å². The van der Waals surface area contributed by atoms with Gasteiger partial charge >= 0.3 is 0 Å². The fourth-order valence-corrected chi connectivity index (χ4v) is 1.24. The van der Waals surface area contributed by atoms with E-state index in [1.807, 2.05) is 19.1 Å². The van der Waals surface area contributed by atoms with Gasteiger partial charge in [0.1, 0.15) is 5.76 Å². The number of furan rings is 1. The Morgan fingerprint density at radius 3 is 3.00 bits per heavy atom. The van der Waals surface area contributed by atoms with Gasteiger partial charge in [-0.15, -0.1) is 0 Å². The molecule has 0 radical (unpaired) electrons. The first kappa shape index (κ1) is 10.8. The van der Waals surface area contributed by atoms with Crippen molar-refractivity contribution in [3.63, 3.8) is 0 Å². The lowest BCUT2D eigenvalue weighted by atomic mass is 10.1. The molecule has 1 aromatic rings. The predicted octanol–water partition coefficient (Wildman–Crippen LogP) is 2.37. The molecule has 1 unspecified atom stereocenters. The van der Waals surface area contributed by atoms with Crippen LogP contribution in [0.15, 0.2) is 27.8 Å². The van der Waals surface area contributed by atoms with Crippen molar-refractivity contribution in [3.05, 3.63) is 24.2 Å². The van der Waals surface area contributed by atoms with Gasteiger partial charge in [0.25, 0.3) is 0 Å². The Balaban J connectivity index is 2.31. The van der Waals surface area contributed by atoms with Crippen molar-refractivity contribution in [1.82, 2.24) is 0 Å². The highest BCUT2D eigenvalue weighted by molar-refractivity contribution is 5.80. The van der Waals surface area contributed by atoms with Crippen LogP contribution >= 0.6 is 0 Å². The maximum absolute atomic E-state index is 5.65. The molecule has 0 aliphatic rings. The van der Waals surface area contributed by atoms with Crippen LogP contribution in [0.2, 0.25) is 0 Å². The molecule has 0 fully saturated rings. The Morgan fingerprint density at radius 1 is 1.64 bits per heavy atom. The second-order valence-electron chi connectivity index (χ2n) is 3.44. The fourth-order valence-electron chi connectivity index (χ4n) is 1.24. The lowest BCUT2D eigenvalue weighted by Gasteiger charge is -2.05. The Bertz CT molecular complexity index is 277. The smallest absolute Gasteiger partial charge is 0.103 e.